The molecule has 0 spiro atoms. The minimum absolute atomic E-state index is 0.0714. The van der Waals surface area contributed by atoms with Crippen molar-refractivity contribution in [2.75, 3.05) is 17.9 Å². The number of thioether (sulfide) groups is 1. The van der Waals surface area contributed by atoms with Gasteiger partial charge in [0, 0.05) is 11.3 Å². The summed E-state index contributed by atoms with van der Waals surface area (Å²) in [6, 6.07) is 21.9. The number of hydrogen-bond donors (Lipinski definition) is 1. The summed E-state index contributed by atoms with van der Waals surface area (Å²) >= 11 is 1.38. The first-order valence-electron chi connectivity index (χ1n) is 11.5. The molecule has 7 nitrogen and oxygen atoms in total. The fourth-order valence-electron chi connectivity index (χ4n) is 4.07. The lowest BCUT2D eigenvalue weighted by Gasteiger charge is -2.13. The smallest absolute Gasteiger partial charge is 0.234 e. The van der Waals surface area contributed by atoms with E-state index < -0.39 is 0 Å². The summed E-state index contributed by atoms with van der Waals surface area (Å²) in [5, 5.41) is 12.7. The van der Waals surface area contributed by atoms with E-state index in [-0.39, 0.29) is 18.5 Å². The van der Waals surface area contributed by atoms with E-state index in [4.69, 9.17) is 9.47 Å². The van der Waals surface area contributed by atoms with Crippen molar-refractivity contribution in [2.45, 2.75) is 32.0 Å². The van der Waals surface area contributed by atoms with Crippen molar-refractivity contribution in [1.29, 1.82) is 0 Å². The first-order valence-corrected chi connectivity index (χ1v) is 12.5. The highest BCUT2D eigenvalue weighted by Gasteiger charge is 2.19. The minimum Gasteiger partial charge on any atom is -0.454 e. The Morgan fingerprint density at radius 2 is 1.86 bits per heavy atom. The van der Waals surface area contributed by atoms with Crippen molar-refractivity contribution in [1.82, 2.24) is 14.8 Å². The molecule has 0 fully saturated rings. The zero-order valence-corrected chi connectivity index (χ0v) is 20.5. The molecule has 8 heteroatoms. The molecule has 4 aromatic rings. The van der Waals surface area contributed by atoms with Crippen LogP contribution < -0.4 is 14.8 Å². The molecule has 1 amide bonds. The molecule has 5 rings (SSSR count). The predicted molar refractivity (Wildman–Crippen MR) is 137 cm³/mol. The van der Waals surface area contributed by atoms with Gasteiger partial charge in [0.05, 0.1) is 12.3 Å². The number of carbonyl (C=O) groups is 1. The van der Waals surface area contributed by atoms with Crippen LogP contribution in [0.5, 0.6) is 11.5 Å². The third kappa shape index (κ3) is 5.02. The highest BCUT2D eigenvalue weighted by molar-refractivity contribution is 7.99. The van der Waals surface area contributed by atoms with Gasteiger partial charge in [-0.25, -0.2) is 0 Å². The fourth-order valence-corrected chi connectivity index (χ4v) is 4.81. The predicted octanol–water partition coefficient (Wildman–Crippen LogP) is 5.32. The first-order chi connectivity index (χ1) is 17.1. The molecule has 1 aliphatic heterocycles. The number of nitrogens with zero attached hydrogens (tertiary/aromatic N) is 3. The summed E-state index contributed by atoms with van der Waals surface area (Å²) < 4.78 is 13.0. The Kier molecular flexibility index (Phi) is 6.72. The van der Waals surface area contributed by atoms with Crippen molar-refractivity contribution in [2.24, 2.45) is 0 Å². The van der Waals surface area contributed by atoms with Gasteiger partial charge in [-0.2, -0.15) is 0 Å². The monoisotopic (exact) mass is 486 g/mol. The molecule has 0 bridgehead atoms. The number of aryl methyl sites for hydroxylation is 2. The summed E-state index contributed by atoms with van der Waals surface area (Å²) in [6.45, 7) is 4.87. The molecular weight excluding hydrogens is 460 g/mol. The van der Waals surface area contributed by atoms with E-state index in [1.807, 2.05) is 78.2 Å². The number of fused-ring (bicyclic) bond motifs is 1. The Labute approximate surface area is 208 Å². The number of anilines is 1. The molecule has 2 heterocycles. The normalized spacial score (nSPS) is 12.1. The number of carbonyl (C=O) groups excluding carboxylic acids is 1. The topological polar surface area (TPSA) is 78.3 Å². The quantitative estimate of drug-likeness (QED) is 0.340. The molecule has 35 heavy (non-hydrogen) atoms. The van der Waals surface area contributed by atoms with Gasteiger partial charge >= 0.3 is 0 Å². The van der Waals surface area contributed by atoms with Crippen LogP contribution in [0.1, 0.15) is 23.6 Å². The molecule has 0 unspecified atom stereocenters. The van der Waals surface area contributed by atoms with Crippen molar-refractivity contribution < 1.29 is 14.3 Å². The molecule has 0 aliphatic carbocycles. The van der Waals surface area contributed by atoms with E-state index in [1.54, 1.807) is 0 Å². The van der Waals surface area contributed by atoms with Gasteiger partial charge in [0.25, 0.3) is 0 Å². The molecule has 178 valence electrons. The van der Waals surface area contributed by atoms with Gasteiger partial charge in [0.1, 0.15) is 0 Å². The Morgan fingerprint density at radius 1 is 1.03 bits per heavy atom. The second kappa shape index (κ2) is 10.2. The van der Waals surface area contributed by atoms with Crippen molar-refractivity contribution in [3.8, 4) is 22.9 Å². The summed E-state index contributed by atoms with van der Waals surface area (Å²) in [4.78, 5) is 12.9. The highest BCUT2D eigenvalue weighted by Crippen LogP contribution is 2.34. The number of hydrogen-bond acceptors (Lipinski definition) is 6. The lowest BCUT2D eigenvalue weighted by molar-refractivity contribution is -0.113. The van der Waals surface area contributed by atoms with Crippen LogP contribution in [0.15, 0.2) is 71.9 Å². The Morgan fingerprint density at radius 3 is 2.69 bits per heavy atom. The number of benzene rings is 3. The largest absolute Gasteiger partial charge is 0.454 e. The van der Waals surface area contributed by atoms with Crippen molar-refractivity contribution in [3.05, 3.63) is 83.4 Å². The number of amides is 1. The maximum atomic E-state index is 12.9. The average molecular weight is 487 g/mol. The van der Waals surface area contributed by atoms with Crippen LogP contribution in [-0.2, 0) is 17.8 Å². The second-order valence-electron chi connectivity index (χ2n) is 8.25. The molecule has 3 aromatic carbocycles. The number of aromatic nitrogens is 3. The van der Waals surface area contributed by atoms with E-state index >= 15 is 0 Å². The van der Waals surface area contributed by atoms with Crippen LogP contribution in [-0.4, -0.2) is 33.2 Å². The van der Waals surface area contributed by atoms with E-state index in [2.05, 4.69) is 22.4 Å². The van der Waals surface area contributed by atoms with Gasteiger partial charge in [-0.1, -0.05) is 73.3 Å². The minimum atomic E-state index is -0.0714. The second-order valence-corrected chi connectivity index (χ2v) is 9.19. The molecule has 0 saturated heterocycles. The summed E-state index contributed by atoms with van der Waals surface area (Å²) in [5.74, 6) is 2.38. The van der Waals surface area contributed by atoms with Gasteiger partial charge in [-0.3, -0.25) is 9.36 Å². The van der Waals surface area contributed by atoms with Gasteiger partial charge < -0.3 is 14.8 Å². The zero-order valence-electron chi connectivity index (χ0n) is 19.7. The highest BCUT2D eigenvalue weighted by atomic mass is 32.2. The van der Waals surface area contributed by atoms with E-state index in [0.717, 1.165) is 51.7 Å². The van der Waals surface area contributed by atoms with E-state index in [9.17, 15) is 4.79 Å². The van der Waals surface area contributed by atoms with Crippen molar-refractivity contribution >= 4 is 23.4 Å². The number of para-hydroxylation sites is 1. The Balaban J connectivity index is 1.38. The van der Waals surface area contributed by atoms with Crippen LogP contribution in [0, 0.1) is 6.92 Å². The number of rotatable bonds is 8. The van der Waals surface area contributed by atoms with Crippen LogP contribution in [0.3, 0.4) is 0 Å². The van der Waals surface area contributed by atoms with Crippen LogP contribution >= 0.6 is 11.8 Å². The summed E-state index contributed by atoms with van der Waals surface area (Å²) in [6.07, 6.45) is 0.856. The van der Waals surface area contributed by atoms with E-state index in [0.29, 0.717) is 11.7 Å². The Hall–Kier alpha value is -3.78. The number of nitrogens with one attached hydrogen (secondary N) is 1. The van der Waals surface area contributed by atoms with Crippen LogP contribution in [0.25, 0.3) is 11.4 Å². The molecule has 0 atom stereocenters. The van der Waals surface area contributed by atoms with Gasteiger partial charge in [-0.15, -0.1) is 10.2 Å². The molecular formula is C27H26N4O3S. The fraction of sp³-hybridized carbons (Fsp3) is 0.222. The molecule has 1 N–H and O–H groups in total. The lowest BCUT2D eigenvalue weighted by Crippen LogP contribution is -2.17. The lowest BCUT2D eigenvalue weighted by atomic mass is 10.1. The van der Waals surface area contributed by atoms with Gasteiger partial charge in [0.15, 0.2) is 22.5 Å². The Bertz CT molecular complexity index is 1350. The maximum absolute atomic E-state index is 12.9. The molecule has 0 saturated carbocycles. The van der Waals surface area contributed by atoms with E-state index in [1.165, 1.54) is 11.8 Å². The van der Waals surface area contributed by atoms with Crippen LogP contribution in [0.2, 0.25) is 0 Å². The van der Waals surface area contributed by atoms with Crippen molar-refractivity contribution in [3.63, 3.8) is 0 Å². The standard InChI is InChI=1S/C27H26N4O3S/c1-3-20-11-7-8-18(2)25(20)28-24(32)16-35-27-30-29-26(21-9-5-4-6-10-21)31(27)15-19-12-13-22-23(14-19)34-17-33-22/h4-14H,3,15-17H2,1-2H3,(H,28,32). The van der Waals surface area contributed by atoms with Crippen LogP contribution in [0.4, 0.5) is 5.69 Å². The summed E-state index contributed by atoms with van der Waals surface area (Å²) in [5.41, 5.74) is 5.07. The molecule has 0 radical (unpaired) electrons. The summed E-state index contributed by atoms with van der Waals surface area (Å²) in [7, 11) is 0. The number of ether oxygens (including phenoxy) is 2. The molecule has 1 aromatic heterocycles. The van der Waals surface area contributed by atoms with Gasteiger partial charge in [-0.05, 0) is 42.2 Å². The average Bonchev–Trinajstić information content (AvgIpc) is 3.51. The third-order valence-electron chi connectivity index (χ3n) is 5.86. The van der Waals surface area contributed by atoms with Gasteiger partial charge in [0.2, 0.25) is 12.7 Å². The SMILES string of the molecule is CCc1cccc(C)c1NC(=O)CSc1nnc(-c2ccccc2)n1Cc1ccc2c(c1)OCO2. The zero-order chi connectivity index (χ0) is 24.2. The first kappa shape index (κ1) is 23.0. The maximum Gasteiger partial charge on any atom is 0.234 e. The molecule has 1 aliphatic rings. The third-order valence-corrected chi connectivity index (χ3v) is 6.83.